The molecule has 1 rings (SSSR count). The second kappa shape index (κ2) is 5.30. The second-order valence-corrected chi connectivity index (χ2v) is 8.92. The van der Waals surface area contributed by atoms with Gasteiger partial charge in [0.1, 0.15) is 0 Å². The maximum absolute atomic E-state index is 11.1. The maximum Gasteiger partial charge on any atom is 0.369 e. The summed E-state index contributed by atoms with van der Waals surface area (Å²) >= 11 is 1.93. The van der Waals surface area contributed by atoms with Crippen molar-refractivity contribution in [1.82, 2.24) is 0 Å². The van der Waals surface area contributed by atoms with Gasteiger partial charge in [0.15, 0.2) is 0 Å². The van der Waals surface area contributed by atoms with Crippen LogP contribution in [0, 0.1) is 3.57 Å². The van der Waals surface area contributed by atoms with Gasteiger partial charge < -0.3 is 24.7 Å². The fraction of sp³-hybridized carbons (Fsp3) is 0.250. The molecule has 0 saturated carbocycles. The predicted octanol–water partition coefficient (Wildman–Crippen LogP) is 0.835. The van der Waals surface area contributed by atoms with Gasteiger partial charge in [-0.2, -0.15) is 0 Å². The Bertz CT molecular complexity index is 512. The van der Waals surface area contributed by atoms with Gasteiger partial charge in [-0.1, -0.05) is 12.1 Å². The van der Waals surface area contributed by atoms with Crippen molar-refractivity contribution in [2.45, 2.75) is 11.5 Å². The molecule has 0 spiro atoms. The van der Waals surface area contributed by atoms with Crippen molar-refractivity contribution >= 4 is 37.8 Å². The van der Waals surface area contributed by atoms with E-state index >= 15 is 0 Å². The molecule has 0 bridgehead atoms. The zero-order valence-corrected chi connectivity index (χ0v) is 12.8. The average molecular weight is 412 g/mol. The zero-order chi connectivity index (χ0) is 14.2. The summed E-state index contributed by atoms with van der Waals surface area (Å²) in [6, 6.07) is 6.13. The second-order valence-electron chi connectivity index (χ2n) is 3.67. The molecule has 0 aliphatic carbocycles. The normalized spacial score (nSPS) is 13.7. The topological polar surface area (TPSA) is 135 Å². The molecule has 7 nitrogen and oxygen atoms in total. The molecule has 0 aliphatic heterocycles. The van der Waals surface area contributed by atoms with Crippen molar-refractivity contribution in [1.29, 1.82) is 0 Å². The van der Waals surface area contributed by atoms with E-state index in [9.17, 15) is 14.2 Å². The molecule has 0 aliphatic rings. The van der Waals surface area contributed by atoms with E-state index in [1.807, 2.05) is 22.6 Å². The van der Waals surface area contributed by atoms with Crippen LogP contribution in [0.25, 0.3) is 0 Å². The van der Waals surface area contributed by atoms with Crippen molar-refractivity contribution in [3.8, 4) is 0 Å². The fourth-order valence-corrected chi connectivity index (χ4v) is 4.04. The lowest BCUT2D eigenvalue weighted by Crippen LogP contribution is -2.31. The van der Waals surface area contributed by atoms with Gasteiger partial charge in [0.05, 0.1) is 0 Å². The van der Waals surface area contributed by atoms with E-state index in [2.05, 4.69) is 0 Å². The summed E-state index contributed by atoms with van der Waals surface area (Å²) in [4.78, 5) is 35.9. The highest BCUT2D eigenvalue weighted by molar-refractivity contribution is 14.1. The van der Waals surface area contributed by atoms with E-state index in [0.717, 1.165) is 0 Å². The third kappa shape index (κ3) is 3.40. The highest BCUT2D eigenvalue weighted by Crippen LogP contribution is 2.68. The molecule has 10 heteroatoms. The number of hydrogen-bond acceptors (Lipinski definition) is 3. The summed E-state index contributed by atoms with van der Waals surface area (Å²) in [6.45, 7) is 0. The summed E-state index contributed by atoms with van der Waals surface area (Å²) in [7, 11) is -10.8. The lowest BCUT2D eigenvalue weighted by molar-refractivity contribution is 0.131. The lowest BCUT2D eigenvalue weighted by Gasteiger charge is -2.29. The van der Waals surface area contributed by atoms with Gasteiger partial charge in [-0.15, -0.1) is 0 Å². The first-order chi connectivity index (χ1) is 7.97. The molecule has 0 aromatic heterocycles. The summed E-state index contributed by atoms with van der Waals surface area (Å²) in [5.74, 6) is 0. The van der Waals surface area contributed by atoms with Crippen LogP contribution < -0.4 is 0 Å². The van der Waals surface area contributed by atoms with Crippen LogP contribution in [-0.4, -0.2) is 29.8 Å². The van der Waals surface area contributed by atoms with Crippen LogP contribution in [0.15, 0.2) is 24.3 Å². The quantitative estimate of drug-likeness (QED) is 0.365. The minimum Gasteiger partial charge on any atom is -0.367 e. The maximum atomic E-state index is 11.1. The molecule has 1 aromatic rings. The third-order valence-electron chi connectivity index (χ3n) is 2.26. The van der Waals surface area contributed by atoms with Gasteiger partial charge in [-0.25, -0.2) is 0 Å². The van der Waals surface area contributed by atoms with E-state index in [1.54, 1.807) is 12.1 Å². The van der Waals surface area contributed by atoms with Gasteiger partial charge in [0, 0.05) is 9.99 Å². The number of aliphatic hydroxyl groups is 1. The summed E-state index contributed by atoms with van der Waals surface area (Å²) < 4.78 is 23.0. The van der Waals surface area contributed by atoms with Crippen LogP contribution in [0.3, 0.4) is 0 Å². The van der Waals surface area contributed by atoms with Gasteiger partial charge in [-0.3, -0.25) is 9.13 Å². The smallest absolute Gasteiger partial charge is 0.367 e. The molecular weight excluding hydrogens is 401 g/mol. The standard InChI is InChI=1S/C8H11IO7P2/c9-7-3-1-2-6(4-7)5-8(10,17(11,12)13)18(14,15)16/h1-4,10H,5H2,(H2,11,12,13)(H2,14,15,16)/i9+4. The monoisotopic (exact) mass is 412 g/mol. The number of hydrogen-bond donors (Lipinski definition) is 5. The Morgan fingerprint density at radius 3 is 2.00 bits per heavy atom. The molecule has 0 radical (unpaired) electrons. The first kappa shape index (κ1) is 16.3. The van der Waals surface area contributed by atoms with Crippen LogP contribution in [0.2, 0.25) is 0 Å². The summed E-state index contributed by atoms with van der Waals surface area (Å²) in [6.07, 6.45) is -0.835. The first-order valence-corrected chi connectivity index (χ1v) is 8.86. The van der Waals surface area contributed by atoms with Gasteiger partial charge in [-0.05, 0) is 40.3 Å². The Labute approximate surface area is 116 Å². The van der Waals surface area contributed by atoms with Crippen LogP contribution >= 0.6 is 37.8 Å². The highest BCUT2D eigenvalue weighted by atomic mass is 131. The highest BCUT2D eigenvalue weighted by Gasteiger charge is 2.59. The Morgan fingerprint density at radius 1 is 1.11 bits per heavy atom. The molecule has 18 heavy (non-hydrogen) atoms. The van der Waals surface area contributed by atoms with Crippen molar-refractivity contribution < 1.29 is 33.8 Å². The molecule has 0 saturated heterocycles. The Morgan fingerprint density at radius 2 is 1.61 bits per heavy atom. The van der Waals surface area contributed by atoms with Gasteiger partial charge in [0.2, 0.25) is 0 Å². The van der Waals surface area contributed by atoms with Crippen molar-refractivity contribution in [3.05, 3.63) is 33.4 Å². The van der Waals surface area contributed by atoms with Crippen LogP contribution in [0.1, 0.15) is 5.56 Å². The molecule has 0 fully saturated rings. The Hall–Kier alpha value is 0.210. The minimum absolute atomic E-state index is 0.219. The lowest BCUT2D eigenvalue weighted by atomic mass is 10.2. The number of rotatable bonds is 4. The molecule has 5 N–H and O–H groups in total. The minimum atomic E-state index is -5.40. The molecule has 1 aromatic carbocycles. The Kier molecular flexibility index (Phi) is 4.79. The van der Waals surface area contributed by atoms with Crippen molar-refractivity contribution in [3.63, 3.8) is 0 Å². The molecule has 0 amide bonds. The van der Waals surface area contributed by atoms with E-state index in [1.165, 1.54) is 12.1 Å². The molecule has 102 valence electrons. The first-order valence-electron chi connectivity index (χ1n) is 4.55. The van der Waals surface area contributed by atoms with E-state index in [-0.39, 0.29) is 5.56 Å². The average Bonchev–Trinajstić information content (AvgIpc) is 2.13. The van der Waals surface area contributed by atoms with Crippen LogP contribution in [0.4, 0.5) is 0 Å². The van der Waals surface area contributed by atoms with Gasteiger partial charge in [0.25, 0.3) is 5.08 Å². The van der Waals surface area contributed by atoms with E-state index < -0.39 is 26.7 Å². The molecular formula is C8H11IO7P2. The SMILES string of the molecule is O=P(O)(O)C(O)(Cc1cccc([131I])c1)P(=O)(O)O. The fourth-order valence-electron chi connectivity index (χ4n) is 1.30. The molecule has 0 heterocycles. The van der Waals surface area contributed by atoms with Crippen LogP contribution in [0.5, 0.6) is 0 Å². The van der Waals surface area contributed by atoms with E-state index in [0.29, 0.717) is 3.57 Å². The summed E-state index contributed by atoms with van der Waals surface area (Å²) in [5, 5.41) is 6.30. The molecule has 0 atom stereocenters. The summed E-state index contributed by atoms with van der Waals surface area (Å²) in [5.41, 5.74) is 0.219. The van der Waals surface area contributed by atoms with Crippen molar-refractivity contribution in [2.75, 3.05) is 0 Å². The third-order valence-corrected chi connectivity index (χ3v) is 6.68. The number of benzene rings is 1. The zero-order valence-electron chi connectivity index (χ0n) is 8.84. The molecule has 0 unspecified atom stereocenters. The van der Waals surface area contributed by atoms with Crippen LogP contribution in [-0.2, 0) is 15.6 Å². The largest absolute Gasteiger partial charge is 0.369 e. The van der Waals surface area contributed by atoms with Crippen molar-refractivity contribution in [2.24, 2.45) is 0 Å². The van der Waals surface area contributed by atoms with E-state index in [4.69, 9.17) is 19.6 Å². The predicted molar refractivity (Wildman–Crippen MR) is 71.9 cm³/mol. The van der Waals surface area contributed by atoms with Gasteiger partial charge >= 0.3 is 15.2 Å². The Balaban J connectivity index is 3.25. The number of halogens is 1.